The lowest BCUT2D eigenvalue weighted by Crippen LogP contribution is -2.41. The lowest BCUT2D eigenvalue weighted by molar-refractivity contribution is -0.136. The molecule has 1 atom stereocenters. The second-order valence-corrected chi connectivity index (χ2v) is 11.1. The van der Waals surface area contributed by atoms with Gasteiger partial charge in [0.2, 0.25) is 0 Å². The minimum absolute atomic E-state index is 0.0418. The van der Waals surface area contributed by atoms with Gasteiger partial charge in [-0.15, -0.1) is 0 Å². The van der Waals surface area contributed by atoms with Gasteiger partial charge in [-0.25, -0.2) is 0 Å². The van der Waals surface area contributed by atoms with Crippen molar-refractivity contribution < 1.29 is 14.7 Å². The van der Waals surface area contributed by atoms with E-state index in [1.807, 2.05) is 68.4 Å². The molecule has 176 valence electrons. The molecular weight excluding hydrogens is 490 g/mol. The molecule has 0 spiro atoms. The van der Waals surface area contributed by atoms with Gasteiger partial charge in [0.1, 0.15) is 0 Å². The molecule has 34 heavy (non-hydrogen) atoms. The number of halogens is 1. The van der Waals surface area contributed by atoms with E-state index in [2.05, 4.69) is 36.7 Å². The fourth-order valence-electron chi connectivity index (χ4n) is 4.77. The third kappa shape index (κ3) is 4.35. The van der Waals surface area contributed by atoms with Crippen LogP contribution in [0.1, 0.15) is 65.4 Å². The molecule has 1 N–H and O–H groups in total. The Morgan fingerprint density at radius 1 is 1.00 bits per heavy atom. The van der Waals surface area contributed by atoms with Crippen molar-refractivity contribution in [3.63, 3.8) is 0 Å². The van der Waals surface area contributed by atoms with Gasteiger partial charge in [-0.3, -0.25) is 9.59 Å². The van der Waals surface area contributed by atoms with Crippen LogP contribution in [0.4, 0.5) is 5.69 Å². The average molecular weight is 520 g/mol. The Kier molecular flexibility index (Phi) is 6.30. The molecule has 5 heteroatoms. The summed E-state index contributed by atoms with van der Waals surface area (Å²) in [5, 5.41) is 11.7. The van der Waals surface area contributed by atoms with Crippen molar-refractivity contribution in [1.29, 1.82) is 0 Å². The number of fused-ring (bicyclic) bond motifs is 1. The first-order valence-corrected chi connectivity index (χ1v) is 12.2. The molecule has 0 saturated carbocycles. The zero-order chi connectivity index (χ0) is 24.8. The molecule has 0 aromatic heterocycles. The molecule has 3 aromatic rings. The van der Waals surface area contributed by atoms with Gasteiger partial charge >= 0.3 is 0 Å². The highest BCUT2D eigenvalue weighted by molar-refractivity contribution is 9.10. The van der Waals surface area contributed by atoms with E-state index >= 15 is 0 Å². The fourth-order valence-corrected chi connectivity index (χ4v) is 5.13. The summed E-state index contributed by atoms with van der Waals surface area (Å²) >= 11 is 3.46. The van der Waals surface area contributed by atoms with Crippen molar-refractivity contribution >= 4 is 33.3 Å². The molecule has 3 aromatic carbocycles. The number of carbonyl (C=O) groups excluding carboxylic acids is 2. The van der Waals surface area contributed by atoms with Crippen molar-refractivity contribution in [2.24, 2.45) is 0 Å². The van der Waals surface area contributed by atoms with E-state index in [9.17, 15) is 14.7 Å². The van der Waals surface area contributed by atoms with Gasteiger partial charge in [0, 0.05) is 15.6 Å². The van der Waals surface area contributed by atoms with Crippen LogP contribution in [-0.4, -0.2) is 16.8 Å². The summed E-state index contributed by atoms with van der Waals surface area (Å²) in [5.41, 5.74) is 3.52. The van der Waals surface area contributed by atoms with Crippen molar-refractivity contribution in [2.45, 2.75) is 58.6 Å². The number of hydrogen-bond acceptors (Lipinski definition) is 3. The zero-order valence-corrected chi connectivity index (χ0v) is 21.9. The molecule has 1 amide bonds. The van der Waals surface area contributed by atoms with Gasteiger partial charge in [0.25, 0.3) is 5.91 Å². The van der Waals surface area contributed by atoms with Crippen LogP contribution in [0.2, 0.25) is 0 Å². The van der Waals surface area contributed by atoms with Crippen LogP contribution < -0.4 is 4.90 Å². The number of Topliss-reactive ketones (excluding diaryl/α,β-unsaturated/α-hetero) is 1. The molecule has 1 aliphatic rings. The quantitative estimate of drug-likeness (QED) is 0.398. The number of benzene rings is 3. The number of anilines is 1. The highest BCUT2D eigenvalue weighted by Gasteiger charge is 2.51. The minimum Gasteiger partial charge on any atom is -0.375 e. The van der Waals surface area contributed by atoms with Gasteiger partial charge in [-0.05, 0) is 59.7 Å². The van der Waals surface area contributed by atoms with E-state index in [1.54, 1.807) is 11.0 Å². The summed E-state index contributed by atoms with van der Waals surface area (Å²) < 4.78 is 0.744. The highest BCUT2D eigenvalue weighted by Crippen LogP contribution is 2.45. The number of amides is 1. The fraction of sp³-hybridized carbons (Fsp3) is 0.310. The molecule has 0 unspecified atom stereocenters. The van der Waals surface area contributed by atoms with E-state index < -0.39 is 11.5 Å². The maximum Gasteiger partial charge on any atom is 0.264 e. The Morgan fingerprint density at radius 2 is 1.62 bits per heavy atom. The molecule has 4 nitrogen and oxygen atoms in total. The zero-order valence-electron chi connectivity index (χ0n) is 20.3. The van der Waals surface area contributed by atoms with E-state index in [0.717, 1.165) is 26.7 Å². The largest absolute Gasteiger partial charge is 0.375 e. The van der Waals surface area contributed by atoms with Gasteiger partial charge < -0.3 is 10.0 Å². The van der Waals surface area contributed by atoms with Crippen LogP contribution in [-0.2, 0) is 22.4 Å². The first kappa shape index (κ1) is 24.4. The molecule has 4 rings (SSSR count). The molecule has 0 bridgehead atoms. The van der Waals surface area contributed by atoms with E-state index in [0.29, 0.717) is 23.4 Å². The molecular formula is C29H30BrNO3. The number of nitrogens with zero attached hydrogens (tertiary/aromatic N) is 1. The van der Waals surface area contributed by atoms with Gasteiger partial charge in [-0.1, -0.05) is 79.2 Å². The predicted molar refractivity (Wildman–Crippen MR) is 139 cm³/mol. The molecule has 0 aliphatic carbocycles. The van der Waals surface area contributed by atoms with Crippen LogP contribution >= 0.6 is 15.9 Å². The van der Waals surface area contributed by atoms with Gasteiger partial charge in [0.15, 0.2) is 11.4 Å². The Labute approximate surface area is 209 Å². The van der Waals surface area contributed by atoms with Crippen LogP contribution in [0.15, 0.2) is 65.1 Å². The number of rotatable bonds is 5. The highest BCUT2D eigenvalue weighted by atomic mass is 79.9. The molecule has 0 saturated heterocycles. The third-order valence-electron chi connectivity index (χ3n) is 6.57. The summed E-state index contributed by atoms with van der Waals surface area (Å²) in [5.74, 6) is -0.710. The summed E-state index contributed by atoms with van der Waals surface area (Å²) in [6.45, 7) is 10.6. The Balaban J connectivity index is 1.72. The van der Waals surface area contributed by atoms with Crippen LogP contribution in [0.5, 0.6) is 0 Å². The number of carbonyl (C=O) groups is 2. The maximum atomic E-state index is 13.6. The van der Waals surface area contributed by atoms with Gasteiger partial charge in [-0.2, -0.15) is 0 Å². The van der Waals surface area contributed by atoms with E-state index in [1.165, 1.54) is 0 Å². The van der Waals surface area contributed by atoms with Crippen molar-refractivity contribution in [1.82, 2.24) is 0 Å². The van der Waals surface area contributed by atoms with Crippen molar-refractivity contribution in [3.05, 3.63) is 98.5 Å². The number of aliphatic hydroxyl groups is 1. The summed E-state index contributed by atoms with van der Waals surface area (Å²) in [7, 11) is 0. The van der Waals surface area contributed by atoms with Crippen LogP contribution in [0, 0.1) is 13.8 Å². The Morgan fingerprint density at radius 3 is 2.21 bits per heavy atom. The maximum absolute atomic E-state index is 13.6. The topological polar surface area (TPSA) is 57.6 Å². The van der Waals surface area contributed by atoms with Crippen molar-refractivity contribution in [2.75, 3.05) is 4.90 Å². The number of aryl methyl sites for hydroxylation is 2. The summed E-state index contributed by atoms with van der Waals surface area (Å²) in [6, 6.07) is 19.1. The van der Waals surface area contributed by atoms with E-state index in [-0.39, 0.29) is 17.6 Å². The monoisotopic (exact) mass is 519 g/mol. The molecule has 0 radical (unpaired) electrons. The smallest absolute Gasteiger partial charge is 0.264 e. The van der Waals surface area contributed by atoms with E-state index in [4.69, 9.17) is 0 Å². The molecule has 1 aliphatic heterocycles. The van der Waals surface area contributed by atoms with Crippen molar-refractivity contribution in [3.8, 4) is 0 Å². The number of ketones is 1. The summed E-state index contributed by atoms with van der Waals surface area (Å²) in [4.78, 5) is 28.8. The third-order valence-corrected chi connectivity index (χ3v) is 7.06. The number of hydrogen-bond donors (Lipinski definition) is 1. The Bertz CT molecular complexity index is 1250. The minimum atomic E-state index is -1.92. The van der Waals surface area contributed by atoms with Crippen LogP contribution in [0.25, 0.3) is 0 Å². The first-order chi connectivity index (χ1) is 15.9. The molecule has 1 heterocycles. The lowest BCUT2D eigenvalue weighted by Gasteiger charge is -2.25. The average Bonchev–Trinajstić information content (AvgIpc) is 2.94. The first-order valence-electron chi connectivity index (χ1n) is 11.4. The second-order valence-electron chi connectivity index (χ2n) is 10.2. The van der Waals surface area contributed by atoms with Gasteiger partial charge in [0.05, 0.1) is 18.7 Å². The Hall–Kier alpha value is -2.76. The normalized spacial score (nSPS) is 17.7. The SMILES string of the molecule is Cc1cc(C(C)(C)C)cc(C)c1C(=O)C[C@@]1(O)C(=O)N(Cc2ccccc2)c2ccc(Br)cc21. The van der Waals surface area contributed by atoms with Crippen LogP contribution in [0.3, 0.4) is 0 Å². The predicted octanol–water partition coefficient (Wildman–Crippen LogP) is 6.37. The standard InChI is InChI=1S/C29H30BrNO3/c1-18-13-21(28(3,4)5)14-19(2)26(18)25(32)16-29(34)23-15-22(30)11-12-24(23)31(27(29)33)17-20-9-7-6-8-10-20/h6-15,34H,16-17H2,1-5H3/t29-/m0/s1. The molecule has 0 fully saturated rings. The summed E-state index contributed by atoms with van der Waals surface area (Å²) in [6.07, 6.45) is -0.308. The second kappa shape index (κ2) is 8.79. The lowest BCUT2D eigenvalue weighted by atomic mass is 9.81.